The van der Waals surface area contributed by atoms with Gasteiger partial charge >= 0.3 is 0 Å². The maximum Gasteiger partial charge on any atom is 0.267 e. The summed E-state index contributed by atoms with van der Waals surface area (Å²) >= 11 is 12.1. The number of hydrogen-bond donors (Lipinski definition) is 1. The zero-order valence-corrected chi connectivity index (χ0v) is 17.6. The molecule has 0 heterocycles. The molecule has 0 aliphatic rings. The molecule has 3 rings (SSSR count). The predicted octanol–water partition coefficient (Wildman–Crippen LogP) is 6.04. The molecular formula is C24H19Cl2N3O. The normalized spacial score (nSPS) is 10.9. The number of anilines is 1. The first-order valence-corrected chi connectivity index (χ1v) is 10.0. The van der Waals surface area contributed by atoms with E-state index in [-0.39, 0.29) is 5.57 Å². The predicted molar refractivity (Wildman–Crippen MR) is 121 cm³/mol. The van der Waals surface area contributed by atoms with Crippen LogP contribution < -0.4 is 5.32 Å². The lowest BCUT2D eigenvalue weighted by Crippen LogP contribution is -2.21. The molecule has 0 fully saturated rings. The summed E-state index contributed by atoms with van der Waals surface area (Å²) < 4.78 is 0. The smallest absolute Gasteiger partial charge is 0.267 e. The van der Waals surface area contributed by atoms with E-state index in [1.54, 1.807) is 24.4 Å². The van der Waals surface area contributed by atoms with Gasteiger partial charge in [0.15, 0.2) is 0 Å². The molecule has 0 unspecified atom stereocenters. The molecule has 0 atom stereocenters. The minimum atomic E-state index is -0.548. The lowest BCUT2D eigenvalue weighted by molar-refractivity contribution is -0.112. The van der Waals surface area contributed by atoms with Crippen LogP contribution in [0.2, 0.25) is 10.0 Å². The van der Waals surface area contributed by atoms with Crippen LogP contribution in [0.1, 0.15) is 11.1 Å². The maximum atomic E-state index is 12.7. The van der Waals surface area contributed by atoms with Gasteiger partial charge in [0.2, 0.25) is 0 Å². The molecule has 0 radical (unpaired) electrons. The Hall–Kier alpha value is -3.26. The number of amides is 1. The third-order valence-electron chi connectivity index (χ3n) is 4.31. The molecule has 4 nitrogen and oxygen atoms in total. The molecule has 1 N–H and O–H groups in total. The van der Waals surface area contributed by atoms with Gasteiger partial charge in [0.05, 0.1) is 10.7 Å². The third kappa shape index (κ3) is 6.12. The van der Waals surface area contributed by atoms with Gasteiger partial charge in [-0.3, -0.25) is 4.79 Å². The number of nitrogens with zero attached hydrogens (tertiary/aromatic N) is 2. The summed E-state index contributed by atoms with van der Waals surface area (Å²) in [6.45, 7) is 1.10. The van der Waals surface area contributed by atoms with Gasteiger partial charge in [-0.1, -0.05) is 83.9 Å². The second-order valence-corrected chi connectivity index (χ2v) is 7.45. The lowest BCUT2D eigenvalue weighted by atomic mass is 10.1. The fourth-order valence-electron chi connectivity index (χ4n) is 2.89. The van der Waals surface area contributed by atoms with Crippen LogP contribution in [-0.4, -0.2) is 10.8 Å². The quantitative estimate of drug-likeness (QED) is 0.363. The summed E-state index contributed by atoms with van der Waals surface area (Å²) in [5, 5.41) is 13.1. The van der Waals surface area contributed by atoms with E-state index in [0.717, 1.165) is 11.1 Å². The average molecular weight is 436 g/mol. The highest BCUT2D eigenvalue weighted by atomic mass is 35.5. The Morgan fingerprint density at radius 2 is 1.50 bits per heavy atom. The highest BCUT2D eigenvalue weighted by Gasteiger charge is 2.14. The average Bonchev–Trinajstić information content (AvgIpc) is 2.76. The number of rotatable bonds is 7. The van der Waals surface area contributed by atoms with Crippen LogP contribution in [0.3, 0.4) is 0 Å². The Balaban J connectivity index is 1.85. The van der Waals surface area contributed by atoms with Gasteiger partial charge in [-0.15, -0.1) is 0 Å². The Morgan fingerprint density at radius 1 is 0.933 bits per heavy atom. The van der Waals surface area contributed by atoms with Crippen molar-refractivity contribution in [3.63, 3.8) is 0 Å². The van der Waals surface area contributed by atoms with Crippen molar-refractivity contribution in [3.8, 4) is 6.07 Å². The fourth-order valence-corrected chi connectivity index (χ4v) is 3.22. The first-order chi connectivity index (χ1) is 14.5. The van der Waals surface area contributed by atoms with Crippen molar-refractivity contribution in [2.24, 2.45) is 0 Å². The summed E-state index contributed by atoms with van der Waals surface area (Å²) in [6, 6.07) is 26.5. The zero-order chi connectivity index (χ0) is 21.3. The Kier molecular flexibility index (Phi) is 7.51. The van der Waals surface area contributed by atoms with Gasteiger partial charge in [0.1, 0.15) is 11.6 Å². The van der Waals surface area contributed by atoms with Gasteiger partial charge in [-0.05, 0) is 29.3 Å². The molecule has 150 valence electrons. The second-order valence-electron chi connectivity index (χ2n) is 6.61. The van der Waals surface area contributed by atoms with E-state index in [2.05, 4.69) is 5.32 Å². The van der Waals surface area contributed by atoms with Crippen molar-refractivity contribution >= 4 is 34.8 Å². The van der Waals surface area contributed by atoms with E-state index < -0.39 is 5.91 Å². The van der Waals surface area contributed by atoms with E-state index in [1.165, 1.54) is 0 Å². The molecule has 30 heavy (non-hydrogen) atoms. The van der Waals surface area contributed by atoms with Crippen molar-refractivity contribution in [1.82, 2.24) is 4.90 Å². The minimum Gasteiger partial charge on any atom is -0.367 e. The van der Waals surface area contributed by atoms with E-state index in [9.17, 15) is 10.1 Å². The Bertz CT molecular complexity index is 1040. The van der Waals surface area contributed by atoms with Crippen LogP contribution in [0.25, 0.3) is 0 Å². The van der Waals surface area contributed by atoms with Crippen molar-refractivity contribution in [3.05, 3.63) is 112 Å². The van der Waals surface area contributed by atoms with E-state index >= 15 is 0 Å². The van der Waals surface area contributed by atoms with E-state index in [4.69, 9.17) is 23.2 Å². The van der Waals surface area contributed by atoms with Crippen LogP contribution in [0.4, 0.5) is 5.69 Å². The summed E-state index contributed by atoms with van der Waals surface area (Å²) in [4.78, 5) is 14.7. The van der Waals surface area contributed by atoms with Crippen LogP contribution in [-0.2, 0) is 17.9 Å². The SMILES string of the molecule is N#C/C(=C/N(Cc1ccccc1)Cc1ccccc1)C(=O)Nc1cc(Cl)ccc1Cl. The highest BCUT2D eigenvalue weighted by molar-refractivity contribution is 6.35. The van der Waals surface area contributed by atoms with E-state index in [0.29, 0.717) is 28.8 Å². The molecule has 0 saturated heterocycles. The molecule has 6 heteroatoms. The summed E-state index contributed by atoms with van der Waals surface area (Å²) in [5.74, 6) is -0.548. The maximum absolute atomic E-state index is 12.7. The number of benzene rings is 3. The summed E-state index contributed by atoms with van der Waals surface area (Å²) in [7, 11) is 0. The standard InChI is InChI=1S/C24H19Cl2N3O/c25-21-11-12-22(26)23(13-21)28-24(30)20(14-27)17-29(15-18-7-3-1-4-8-18)16-19-9-5-2-6-10-19/h1-13,17H,15-16H2,(H,28,30)/b20-17-. The molecule has 0 aromatic heterocycles. The molecule has 1 amide bonds. The summed E-state index contributed by atoms with van der Waals surface area (Å²) in [6.07, 6.45) is 1.58. The number of hydrogen-bond acceptors (Lipinski definition) is 3. The largest absolute Gasteiger partial charge is 0.367 e. The molecular weight excluding hydrogens is 417 g/mol. The van der Waals surface area contributed by atoms with Crippen LogP contribution in [0, 0.1) is 11.3 Å². The van der Waals surface area contributed by atoms with Crippen molar-refractivity contribution in [2.75, 3.05) is 5.32 Å². The fraction of sp³-hybridized carbons (Fsp3) is 0.0833. The monoisotopic (exact) mass is 435 g/mol. The van der Waals surface area contributed by atoms with Gasteiger partial charge in [0, 0.05) is 24.3 Å². The Morgan fingerprint density at radius 3 is 2.03 bits per heavy atom. The molecule has 0 saturated carbocycles. The lowest BCUT2D eigenvalue weighted by Gasteiger charge is -2.21. The van der Waals surface area contributed by atoms with Crippen LogP contribution in [0.5, 0.6) is 0 Å². The number of carbonyl (C=O) groups is 1. The van der Waals surface area contributed by atoms with Crippen molar-refractivity contribution in [1.29, 1.82) is 5.26 Å². The van der Waals surface area contributed by atoms with Gasteiger partial charge < -0.3 is 10.2 Å². The number of carbonyl (C=O) groups excluding carboxylic acids is 1. The van der Waals surface area contributed by atoms with Crippen molar-refractivity contribution < 1.29 is 4.79 Å². The summed E-state index contributed by atoms with van der Waals surface area (Å²) in [5.41, 5.74) is 2.46. The van der Waals surface area contributed by atoms with E-state index in [1.807, 2.05) is 71.6 Å². The highest BCUT2D eigenvalue weighted by Crippen LogP contribution is 2.26. The Labute approximate surface area is 186 Å². The van der Waals surface area contributed by atoms with Crippen LogP contribution >= 0.6 is 23.2 Å². The first-order valence-electron chi connectivity index (χ1n) is 9.25. The molecule has 0 aliphatic carbocycles. The number of nitrogens with one attached hydrogen (secondary N) is 1. The molecule has 0 bridgehead atoms. The minimum absolute atomic E-state index is 0.0297. The van der Waals surface area contributed by atoms with Gasteiger partial charge in [-0.2, -0.15) is 5.26 Å². The third-order valence-corrected chi connectivity index (χ3v) is 4.88. The topological polar surface area (TPSA) is 56.1 Å². The molecule has 3 aromatic rings. The zero-order valence-electron chi connectivity index (χ0n) is 16.1. The number of halogens is 2. The molecule has 0 spiro atoms. The molecule has 0 aliphatic heterocycles. The van der Waals surface area contributed by atoms with Gasteiger partial charge in [-0.25, -0.2) is 0 Å². The second kappa shape index (κ2) is 10.5. The molecule has 3 aromatic carbocycles. The van der Waals surface area contributed by atoms with Gasteiger partial charge in [0.25, 0.3) is 5.91 Å². The number of nitriles is 1. The first kappa shape index (κ1) is 21.4. The van der Waals surface area contributed by atoms with Crippen molar-refractivity contribution in [2.45, 2.75) is 13.1 Å². The van der Waals surface area contributed by atoms with Crippen LogP contribution in [0.15, 0.2) is 90.6 Å².